The van der Waals surface area contributed by atoms with Crippen LogP contribution in [-0.2, 0) is 9.53 Å². The van der Waals surface area contributed by atoms with Gasteiger partial charge < -0.3 is 15.0 Å². The number of rotatable bonds is 7. The van der Waals surface area contributed by atoms with Crippen molar-refractivity contribution in [2.75, 3.05) is 36.5 Å². The van der Waals surface area contributed by atoms with E-state index in [1.54, 1.807) is 16.9 Å². The predicted molar refractivity (Wildman–Crippen MR) is 126 cm³/mol. The largest absolute Gasteiger partial charge is 0.378 e. The first-order valence-corrected chi connectivity index (χ1v) is 11.7. The topological polar surface area (TPSA) is 90.1 Å². The summed E-state index contributed by atoms with van der Waals surface area (Å²) in [7, 11) is 0. The molecule has 1 amide bonds. The van der Waals surface area contributed by atoms with Crippen molar-refractivity contribution in [3.8, 4) is 5.69 Å². The van der Waals surface area contributed by atoms with E-state index in [4.69, 9.17) is 4.74 Å². The fourth-order valence-corrected chi connectivity index (χ4v) is 4.35. The van der Waals surface area contributed by atoms with Crippen LogP contribution in [0.4, 0.5) is 11.8 Å². The lowest BCUT2D eigenvalue weighted by Gasteiger charge is -2.28. The van der Waals surface area contributed by atoms with E-state index in [0.29, 0.717) is 24.2 Å². The van der Waals surface area contributed by atoms with Crippen molar-refractivity contribution in [2.45, 2.75) is 44.1 Å². The Hall–Kier alpha value is -2.85. The summed E-state index contributed by atoms with van der Waals surface area (Å²) in [4.78, 5) is 15.1. The molecule has 4 rings (SSSR count). The van der Waals surface area contributed by atoms with Gasteiger partial charge in [-0.25, -0.2) is 4.68 Å². The van der Waals surface area contributed by atoms with Gasteiger partial charge in [0, 0.05) is 25.2 Å². The van der Waals surface area contributed by atoms with Crippen LogP contribution in [0.3, 0.4) is 0 Å². The van der Waals surface area contributed by atoms with Crippen molar-refractivity contribution in [3.63, 3.8) is 0 Å². The molecule has 0 radical (unpaired) electrons. The number of carbonyl (C=O) groups excluding carboxylic acids is 1. The molecule has 1 N–H and O–H groups in total. The monoisotopic (exact) mass is 455 g/mol. The maximum Gasteiger partial charge on any atom is 0.238 e. The number of aromatic nitrogens is 5. The van der Waals surface area contributed by atoms with Crippen LogP contribution in [0.15, 0.2) is 41.7 Å². The van der Waals surface area contributed by atoms with E-state index in [1.807, 2.05) is 25.3 Å². The number of nitrogens with one attached hydrogen (secondary N) is 1. The maximum atomic E-state index is 12.9. The fourth-order valence-electron chi connectivity index (χ4n) is 3.49. The van der Waals surface area contributed by atoms with E-state index in [1.165, 1.54) is 17.3 Å². The van der Waals surface area contributed by atoms with Gasteiger partial charge in [-0.15, -0.1) is 10.2 Å². The van der Waals surface area contributed by atoms with Gasteiger partial charge in [0.2, 0.25) is 11.9 Å². The molecule has 0 unspecified atom stereocenters. The summed E-state index contributed by atoms with van der Waals surface area (Å²) in [5.74, 6) is 1.35. The van der Waals surface area contributed by atoms with Crippen molar-refractivity contribution in [1.29, 1.82) is 0 Å². The van der Waals surface area contributed by atoms with E-state index in [2.05, 4.69) is 56.7 Å². The predicted octanol–water partition coefficient (Wildman–Crippen LogP) is 3.31. The highest BCUT2D eigenvalue weighted by Gasteiger charge is 2.25. The maximum absolute atomic E-state index is 12.9. The number of benzene rings is 1. The highest BCUT2D eigenvalue weighted by atomic mass is 32.2. The van der Waals surface area contributed by atoms with Crippen molar-refractivity contribution in [2.24, 2.45) is 0 Å². The number of morpholine rings is 1. The summed E-state index contributed by atoms with van der Waals surface area (Å²) in [5.41, 5.74) is 2.15. The number of anilines is 2. The molecule has 9 nitrogen and oxygen atoms in total. The molecular formula is C22H29N7O2S. The third kappa shape index (κ3) is 4.81. The molecule has 1 aliphatic rings. The summed E-state index contributed by atoms with van der Waals surface area (Å²) in [6.07, 6.45) is 1.69. The lowest BCUT2D eigenvalue weighted by molar-refractivity contribution is -0.115. The highest BCUT2D eigenvalue weighted by molar-refractivity contribution is 8.00. The van der Waals surface area contributed by atoms with Crippen LogP contribution in [0, 0.1) is 6.92 Å². The second kappa shape index (κ2) is 9.74. The second-order valence-electron chi connectivity index (χ2n) is 8.06. The van der Waals surface area contributed by atoms with E-state index in [-0.39, 0.29) is 17.2 Å². The number of amides is 1. The zero-order valence-corrected chi connectivity index (χ0v) is 19.7. The molecule has 0 bridgehead atoms. The average molecular weight is 456 g/mol. The van der Waals surface area contributed by atoms with Crippen LogP contribution >= 0.6 is 11.8 Å². The number of hydrogen-bond acceptors (Lipinski definition) is 7. The van der Waals surface area contributed by atoms with Crippen molar-refractivity contribution in [3.05, 3.63) is 42.1 Å². The van der Waals surface area contributed by atoms with Gasteiger partial charge in [0.1, 0.15) is 5.82 Å². The fraction of sp³-hybridized carbons (Fsp3) is 0.455. The molecule has 1 aliphatic heterocycles. The van der Waals surface area contributed by atoms with E-state index in [9.17, 15) is 4.79 Å². The van der Waals surface area contributed by atoms with Gasteiger partial charge in [-0.3, -0.25) is 9.36 Å². The van der Waals surface area contributed by atoms with Crippen LogP contribution in [0.5, 0.6) is 0 Å². The quantitative estimate of drug-likeness (QED) is 0.547. The van der Waals surface area contributed by atoms with Crippen LogP contribution in [-0.4, -0.2) is 62.0 Å². The number of nitrogens with zero attached hydrogens (tertiary/aromatic N) is 6. The van der Waals surface area contributed by atoms with Gasteiger partial charge in [-0.1, -0.05) is 29.5 Å². The molecule has 0 saturated carbocycles. The second-order valence-corrected chi connectivity index (χ2v) is 9.37. The van der Waals surface area contributed by atoms with Gasteiger partial charge in [-0.05, 0) is 39.8 Å². The van der Waals surface area contributed by atoms with Crippen LogP contribution in [0.2, 0.25) is 0 Å². The minimum Gasteiger partial charge on any atom is -0.378 e. The van der Waals surface area contributed by atoms with Crippen molar-refractivity contribution < 1.29 is 9.53 Å². The number of carbonyl (C=O) groups is 1. The Balaban J connectivity index is 1.58. The molecule has 170 valence electrons. The summed E-state index contributed by atoms with van der Waals surface area (Å²) in [6.45, 7) is 10.8. The number of hydrogen-bond donors (Lipinski definition) is 1. The van der Waals surface area contributed by atoms with E-state index >= 15 is 0 Å². The SMILES string of the molecule is Cc1ccc(-n2c(S[C@H](C)C(=O)Nc3ccnn3C(C)C)nnc2N2CCOCC2)cc1. The summed E-state index contributed by atoms with van der Waals surface area (Å²) >= 11 is 1.39. The van der Waals surface area contributed by atoms with Crippen LogP contribution in [0.1, 0.15) is 32.4 Å². The van der Waals surface area contributed by atoms with Crippen molar-refractivity contribution >= 4 is 29.4 Å². The van der Waals surface area contributed by atoms with Gasteiger partial charge in [0.25, 0.3) is 0 Å². The molecular weight excluding hydrogens is 426 g/mol. The van der Waals surface area contributed by atoms with Gasteiger partial charge in [-0.2, -0.15) is 5.10 Å². The van der Waals surface area contributed by atoms with Crippen molar-refractivity contribution in [1.82, 2.24) is 24.5 Å². The normalized spacial score (nSPS) is 15.2. The van der Waals surface area contributed by atoms with Gasteiger partial charge in [0.15, 0.2) is 5.16 Å². The van der Waals surface area contributed by atoms with Crippen LogP contribution in [0.25, 0.3) is 5.69 Å². The first-order valence-electron chi connectivity index (χ1n) is 10.8. The molecule has 10 heteroatoms. The minimum atomic E-state index is -0.378. The number of aryl methyl sites for hydroxylation is 1. The van der Waals surface area contributed by atoms with Gasteiger partial charge >= 0.3 is 0 Å². The van der Waals surface area contributed by atoms with E-state index < -0.39 is 0 Å². The molecule has 2 aromatic heterocycles. The lowest BCUT2D eigenvalue weighted by Crippen LogP contribution is -2.38. The smallest absolute Gasteiger partial charge is 0.238 e. The first-order chi connectivity index (χ1) is 15.4. The molecule has 0 spiro atoms. The Morgan fingerprint density at radius 1 is 1.09 bits per heavy atom. The molecule has 1 atom stereocenters. The van der Waals surface area contributed by atoms with Crippen LogP contribution < -0.4 is 10.2 Å². The molecule has 1 aromatic carbocycles. The third-order valence-electron chi connectivity index (χ3n) is 5.26. The molecule has 1 fully saturated rings. The number of thioether (sulfide) groups is 1. The van der Waals surface area contributed by atoms with Gasteiger partial charge in [0.05, 0.1) is 30.3 Å². The summed E-state index contributed by atoms with van der Waals surface area (Å²) < 4.78 is 9.31. The van der Waals surface area contributed by atoms with E-state index in [0.717, 1.165) is 24.7 Å². The molecule has 3 aromatic rings. The average Bonchev–Trinajstić information content (AvgIpc) is 3.42. The third-order valence-corrected chi connectivity index (χ3v) is 6.31. The zero-order valence-electron chi connectivity index (χ0n) is 18.9. The minimum absolute atomic E-state index is 0.108. The number of ether oxygens (including phenoxy) is 1. The molecule has 1 saturated heterocycles. The molecule has 0 aliphatic carbocycles. The Morgan fingerprint density at radius 3 is 2.50 bits per heavy atom. The summed E-state index contributed by atoms with van der Waals surface area (Å²) in [6, 6.07) is 10.2. The highest BCUT2D eigenvalue weighted by Crippen LogP contribution is 2.30. The Morgan fingerprint density at radius 2 is 1.81 bits per heavy atom. The molecule has 3 heterocycles. The Bertz CT molecular complexity index is 1050. The first kappa shape index (κ1) is 22.3. The molecule has 32 heavy (non-hydrogen) atoms. The zero-order chi connectivity index (χ0) is 22.7. The Labute approximate surface area is 192 Å². The summed E-state index contributed by atoms with van der Waals surface area (Å²) in [5, 5.41) is 16.5. The lowest BCUT2D eigenvalue weighted by atomic mass is 10.2. The Kier molecular flexibility index (Phi) is 6.80. The standard InChI is InChI=1S/C22H29N7O2S/c1-15(2)29-19(9-10-23-29)24-20(30)17(4)32-22-26-25-21(27-11-13-31-14-12-27)28(22)18-7-5-16(3)6-8-18/h5-10,15,17H,11-14H2,1-4H3,(H,24,30)/t17-/m1/s1.